The molecule has 0 spiro atoms. The molecule has 0 unspecified atom stereocenters. The maximum absolute atomic E-state index is 2.85. The van der Waals surface area contributed by atoms with Crippen LogP contribution in [0.5, 0.6) is 0 Å². The van der Waals surface area contributed by atoms with E-state index in [-0.39, 0.29) is 0 Å². The summed E-state index contributed by atoms with van der Waals surface area (Å²) in [5.41, 5.74) is 0.652. The van der Waals surface area contributed by atoms with Gasteiger partial charge in [-0.25, -0.2) is 0 Å². The van der Waals surface area contributed by atoms with Crippen molar-refractivity contribution in [3.8, 4) is 0 Å². The Morgan fingerprint density at radius 1 is 0.462 bits per heavy atom. The molecule has 26 heavy (non-hydrogen) atoms. The van der Waals surface area contributed by atoms with E-state index in [2.05, 4.69) is 53.4 Å². The minimum Gasteiger partial charge on any atom is -0.293 e. The molecule has 158 valence electrons. The molecule has 0 aromatic carbocycles. The van der Waals surface area contributed by atoms with Crippen molar-refractivity contribution in [2.24, 2.45) is 0 Å². The smallest absolute Gasteiger partial charge is 0.0158 e. The second-order valence-corrected chi connectivity index (χ2v) is 9.81. The summed E-state index contributed by atoms with van der Waals surface area (Å²) in [5.74, 6) is 0. The van der Waals surface area contributed by atoms with Crippen LogP contribution in [-0.2, 0) is 0 Å². The number of rotatable bonds is 18. The number of unbranched alkanes of at least 4 members (excludes halogenated alkanes) is 10. The second-order valence-electron chi connectivity index (χ2n) is 9.81. The van der Waals surface area contributed by atoms with E-state index < -0.39 is 0 Å². The lowest BCUT2D eigenvalue weighted by Crippen LogP contribution is -2.55. The van der Waals surface area contributed by atoms with Gasteiger partial charge in [0.05, 0.1) is 0 Å². The van der Waals surface area contributed by atoms with Gasteiger partial charge in [-0.2, -0.15) is 0 Å². The predicted octanol–water partition coefficient (Wildman–Crippen LogP) is 8.76. The van der Waals surface area contributed by atoms with E-state index in [0.717, 1.165) is 0 Å². The van der Waals surface area contributed by atoms with E-state index in [1.165, 1.54) is 103 Å². The molecule has 0 aromatic rings. The van der Waals surface area contributed by atoms with Gasteiger partial charge in [0.1, 0.15) is 0 Å². The first-order valence-electron chi connectivity index (χ1n) is 12.1. The van der Waals surface area contributed by atoms with Crippen LogP contribution in [0.2, 0.25) is 0 Å². The highest BCUT2D eigenvalue weighted by Gasteiger charge is 2.36. The Bertz CT molecular complexity index is 277. The summed E-state index contributed by atoms with van der Waals surface area (Å²) < 4.78 is 0. The van der Waals surface area contributed by atoms with Gasteiger partial charge in [0, 0.05) is 11.1 Å². The van der Waals surface area contributed by atoms with E-state index in [0.29, 0.717) is 11.1 Å². The van der Waals surface area contributed by atoms with Gasteiger partial charge in [-0.15, -0.1) is 0 Å². The van der Waals surface area contributed by atoms with Crippen molar-refractivity contribution < 1.29 is 0 Å². The van der Waals surface area contributed by atoms with Gasteiger partial charge in [0.25, 0.3) is 0 Å². The molecular weight excluding hydrogens is 314 g/mol. The highest BCUT2D eigenvalue weighted by Crippen LogP contribution is 2.33. The molecule has 1 heteroatoms. The van der Waals surface area contributed by atoms with E-state index >= 15 is 0 Å². The molecule has 0 aliphatic rings. The van der Waals surface area contributed by atoms with Crippen molar-refractivity contribution in [2.45, 2.75) is 156 Å². The molecule has 0 fully saturated rings. The topological polar surface area (TPSA) is 3.24 Å². The van der Waals surface area contributed by atoms with Crippen LogP contribution < -0.4 is 0 Å². The quantitative estimate of drug-likeness (QED) is 0.219. The van der Waals surface area contributed by atoms with E-state index in [1.807, 2.05) is 0 Å². The van der Waals surface area contributed by atoms with E-state index in [9.17, 15) is 0 Å². The summed E-state index contributed by atoms with van der Waals surface area (Å²) in [6.07, 6.45) is 20.8. The van der Waals surface area contributed by atoms with Gasteiger partial charge >= 0.3 is 0 Å². The molecule has 0 heterocycles. The number of hydrogen-bond acceptors (Lipinski definition) is 1. The van der Waals surface area contributed by atoms with Gasteiger partial charge in [-0.1, -0.05) is 97.8 Å². The van der Waals surface area contributed by atoms with Crippen molar-refractivity contribution >= 4 is 0 Å². The Kier molecular flexibility index (Phi) is 14.9. The van der Waals surface area contributed by atoms with Gasteiger partial charge in [0.15, 0.2) is 0 Å². The standard InChI is InChI=1S/C25H53N/c1-8-11-13-15-17-19-21-24(4,5)26(23-10-3)25(6,7)22-20-18-16-14-12-9-2/h8-23H2,1-7H3. The zero-order valence-corrected chi connectivity index (χ0v) is 19.8. The minimum atomic E-state index is 0.326. The summed E-state index contributed by atoms with van der Waals surface area (Å²) >= 11 is 0. The normalized spacial score (nSPS) is 12.9. The average molecular weight is 368 g/mol. The maximum atomic E-state index is 2.85. The Labute approximate surface area is 167 Å². The largest absolute Gasteiger partial charge is 0.293 e. The van der Waals surface area contributed by atoms with Crippen LogP contribution in [0, 0.1) is 0 Å². The molecule has 0 amide bonds. The van der Waals surface area contributed by atoms with Crippen LogP contribution in [0.3, 0.4) is 0 Å². The van der Waals surface area contributed by atoms with Crippen LogP contribution in [0.25, 0.3) is 0 Å². The van der Waals surface area contributed by atoms with Crippen LogP contribution >= 0.6 is 0 Å². The zero-order chi connectivity index (χ0) is 19.9. The van der Waals surface area contributed by atoms with Crippen LogP contribution in [0.1, 0.15) is 145 Å². The van der Waals surface area contributed by atoms with Crippen molar-refractivity contribution in [3.05, 3.63) is 0 Å². The lowest BCUT2D eigenvalue weighted by molar-refractivity contribution is 0.00311. The zero-order valence-electron chi connectivity index (χ0n) is 19.8. The first kappa shape index (κ1) is 26.0. The van der Waals surface area contributed by atoms with E-state index in [1.54, 1.807) is 0 Å². The molecule has 0 aliphatic heterocycles. The van der Waals surface area contributed by atoms with Crippen molar-refractivity contribution in [1.29, 1.82) is 0 Å². The molecule has 0 atom stereocenters. The molecule has 0 rings (SSSR count). The summed E-state index contributed by atoms with van der Waals surface area (Å²) in [4.78, 5) is 2.85. The second kappa shape index (κ2) is 14.9. The molecular formula is C25H53N. The van der Waals surface area contributed by atoms with Gasteiger partial charge in [0.2, 0.25) is 0 Å². The van der Waals surface area contributed by atoms with Crippen molar-refractivity contribution in [1.82, 2.24) is 4.90 Å². The Morgan fingerprint density at radius 2 is 0.808 bits per heavy atom. The Morgan fingerprint density at radius 3 is 1.15 bits per heavy atom. The fourth-order valence-corrected chi connectivity index (χ4v) is 4.59. The minimum absolute atomic E-state index is 0.326. The lowest BCUT2D eigenvalue weighted by atomic mass is 9.85. The summed E-state index contributed by atoms with van der Waals surface area (Å²) in [7, 11) is 0. The summed E-state index contributed by atoms with van der Waals surface area (Å²) in [5, 5.41) is 0. The fourth-order valence-electron chi connectivity index (χ4n) is 4.59. The molecule has 0 saturated carbocycles. The molecule has 0 N–H and O–H groups in total. The summed E-state index contributed by atoms with van der Waals surface area (Å²) in [6.45, 7) is 18.2. The average Bonchev–Trinajstić information content (AvgIpc) is 2.58. The Hall–Kier alpha value is -0.0400. The fraction of sp³-hybridized carbons (Fsp3) is 1.00. The number of nitrogens with zero attached hydrogens (tertiary/aromatic N) is 1. The first-order chi connectivity index (χ1) is 12.3. The molecule has 0 radical (unpaired) electrons. The van der Waals surface area contributed by atoms with Crippen LogP contribution in [-0.4, -0.2) is 22.5 Å². The van der Waals surface area contributed by atoms with Crippen molar-refractivity contribution in [3.63, 3.8) is 0 Å². The van der Waals surface area contributed by atoms with Crippen LogP contribution in [0.15, 0.2) is 0 Å². The SMILES string of the molecule is CCCCCCCCC(C)(C)N(CCC)C(C)(C)CCCCCCCC. The van der Waals surface area contributed by atoms with E-state index in [4.69, 9.17) is 0 Å². The van der Waals surface area contributed by atoms with Crippen molar-refractivity contribution in [2.75, 3.05) is 6.54 Å². The third-order valence-corrected chi connectivity index (χ3v) is 6.19. The van der Waals surface area contributed by atoms with Gasteiger partial charge < -0.3 is 0 Å². The summed E-state index contributed by atoms with van der Waals surface area (Å²) in [6, 6.07) is 0. The molecule has 1 nitrogen and oxygen atoms in total. The monoisotopic (exact) mass is 367 g/mol. The highest BCUT2D eigenvalue weighted by molar-refractivity contribution is 4.92. The van der Waals surface area contributed by atoms with Gasteiger partial charge in [-0.05, 0) is 53.5 Å². The third-order valence-electron chi connectivity index (χ3n) is 6.19. The third kappa shape index (κ3) is 11.6. The lowest BCUT2D eigenvalue weighted by Gasteiger charge is -2.49. The molecule has 0 aromatic heterocycles. The Balaban J connectivity index is 4.43. The maximum Gasteiger partial charge on any atom is 0.0158 e. The predicted molar refractivity (Wildman–Crippen MR) is 121 cm³/mol. The van der Waals surface area contributed by atoms with Gasteiger partial charge in [-0.3, -0.25) is 4.90 Å². The molecule has 0 saturated heterocycles. The highest BCUT2D eigenvalue weighted by atomic mass is 15.2. The first-order valence-corrected chi connectivity index (χ1v) is 12.1. The molecule has 0 bridgehead atoms. The molecule has 0 aliphatic carbocycles. The van der Waals surface area contributed by atoms with Crippen LogP contribution in [0.4, 0.5) is 0 Å². The number of hydrogen-bond donors (Lipinski definition) is 0.